The first-order valence-electron chi connectivity index (χ1n) is 36.1. The first-order chi connectivity index (χ1) is 51.8. The molecule has 0 N–H and O–H groups in total. The number of aromatic nitrogens is 5. The van der Waals surface area contributed by atoms with E-state index in [4.69, 9.17) is 29.9 Å². The molecule has 22 rings (SSSR count). The van der Waals surface area contributed by atoms with E-state index >= 15 is 0 Å². The van der Waals surface area contributed by atoms with Crippen molar-refractivity contribution in [2.75, 3.05) is 0 Å². The Kier molecular flexibility index (Phi) is 12.9. The van der Waals surface area contributed by atoms with Crippen LogP contribution in [0.4, 0.5) is 0 Å². The van der Waals surface area contributed by atoms with Crippen molar-refractivity contribution in [2.45, 2.75) is 12.5 Å². The van der Waals surface area contributed by atoms with Crippen LogP contribution in [-0.2, 0) is 5.54 Å². The molecule has 2 aliphatic carbocycles. The Hall–Kier alpha value is -13.7. The second kappa shape index (κ2) is 22.9. The lowest BCUT2D eigenvalue weighted by Gasteiger charge is -2.38. The minimum atomic E-state index is -0.720. The lowest BCUT2D eigenvalue weighted by molar-refractivity contribution is 0.402. The van der Waals surface area contributed by atoms with E-state index in [1.165, 1.54) is 82.0 Å². The average Bonchev–Trinajstić information content (AvgIpc) is 1.68. The molecule has 0 bridgehead atoms. The van der Waals surface area contributed by atoms with E-state index in [0.29, 0.717) is 0 Å². The van der Waals surface area contributed by atoms with Crippen LogP contribution in [0, 0.1) is 5.92 Å². The van der Waals surface area contributed by atoms with Crippen LogP contribution in [0.5, 0.6) is 0 Å². The number of allylic oxidation sites excluding steroid dienone is 1. The summed E-state index contributed by atoms with van der Waals surface area (Å²) < 4.78 is 0. The second-order valence-corrected chi connectivity index (χ2v) is 28.5. The fraction of sp³-hybridized carbons (Fsp3) is 0.0303. The minimum Gasteiger partial charge on any atom is -0.271 e. The standard InChI is InChI=1S/C99H60N6/c1-99-76(43-50-90(105-99)63-27-21-58(22-28-63)75-53-70-10-2-5-20-87(70)101-57-75)42-37-73-55-86(95(104-98(73)99)72-14-7-13-69(52-72)78-46-47-84-80-17-4-3-16-79(80)82-19-8-18-81(78)93(82)84)74-54-71-15-9-51-100-94(71)85(56-74)60-25-31-62(32-26-60)89-49-41-68-36-35-67-40-48-88(102-96(67)97(68)103-89)61-29-23-59(24-30-61)77-44-38-66-34-33-64-11-6-12-65-39-45-83(77)92(66)91(64)65/h2-57,76H,1H3. The number of para-hydroxylation sites is 1. The van der Waals surface area contributed by atoms with Gasteiger partial charge in [0.15, 0.2) is 0 Å². The molecule has 0 saturated carbocycles. The topological polar surface area (TPSA) is 76.8 Å². The molecule has 6 heterocycles. The van der Waals surface area contributed by atoms with Gasteiger partial charge >= 0.3 is 0 Å². The highest BCUT2D eigenvalue weighted by atomic mass is 14.9. The number of rotatable bonds is 9. The van der Waals surface area contributed by atoms with E-state index in [1.807, 2.05) is 24.5 Å². The summed E-state index contributed by atoms with van der Waals surface area (Å²) >= 11 is 0. The monoisotopic (exact) mass is 1330 g/mol. The van der Waals surface area contributed by atoms with Crippen molar-refractivity contribution in [3.8, 4) is 112 Å². The number of hydrogen-bond acceptors (Lipinski definition) is 6. The van der Waals surface area contributed by atoms with E-state index in [-0.39, 0.29) is 5.92 Å². The third-order valence-corrected chi connectivity index (χ3v) is 22.6. The Morgan fingerprint density at radius 2 is 0.848 bits per heavy atom. The summed E-state index contributed by atoms with van der Waals surface area (Å²) in [6.07, 6.45) is 12.9. The fourth-order valence-corrected chi connectivity index (χ4v) is 17.3. The van der Waals surface area contributed by atoms with Gasteiger partial charge in [-0.25, -0.2) is 15.0 Å². The number of aliphatic imine (C=N–C) groups is 1. The zero-order chi connectivity index (χ0) is 69.0. The van der Waals surface area contributed by atoms with Gasteiger partial charge in [-0.1, -0.05) is 267 Å². The van der Waals surface area contributed by atoms with E-state index < -0.39 is 5.54 Å². The Labute approximate surface area is 605 Å². The van der Waals surface area contributed by atoms with Gasteiger partial charge < -0.3 is 0 Å². The van der Waals surface area contributed by atoms with Gasteiger partial charge in [0.05, 0.1) is 50.6 Å². The first kappa shape index (κ1) is 59.0. The average molecular weight is 1330 g/mol. The third kappa shape index (κ3) is 9.36. The van der Waals surface area contributed by atoms with Crippen molar-refractivity contribution in [1.82, 2.24) is 24.9 Å². The number of hydrogen-bond donors (Lipinski definition) is 0. The Morgan fingerprint density at radius 1 is 0.295 bits per heavy atom. The van der Waals surface area contributed by atoms with Gasteiger partial charge in [0.1, 0.15) is 5.54 Å². The van der Waals surface area contributed by atoms with E-state index in [9.17, 15) is 0 Å². The summed E-state index contributed by atoms with van der Waals surface area (Å²) in [4.78, 5) is 32.4. The van der Waals surface area contributed by atoms with Crippen LogP contribution in [-0.4, -0.2) is 30.6 Å². The van der Waals surface area contributed by atoms with Crippen LogP contribution in [0.15, 0.2) is 339 Å². The lowest BCUT2D eigenvalue weighted by atomic mass is 9.74. The van der Waals surface area contributed by atoms with Gasteiger partial charge in [-0.3, -0.25) is 15.0 Å². The second-order valence-electron chi connectivity index (χ2n) is 28.5. The van der Waals surface area contributed by atoms with Crippen LogP contribution >= 0.6 is 0 Å². The molecule has 5 aromatic heterocycles. The zero-order valence-electron chi connectivity index (χ0n) is 57.1. The fourth-order valence-electron chi connectivity index (χ4n) is 17.3. The van der Waals surface area contributed by atoms with Crippen molar-refractivity contribution < 1.29 is 0 Å². The van der Waals surface area contributed by atoms with Gasteiger partial charge in [-0.2, -0.15) is 0 Å². The zero-order valence-corrected chi connectivity index (χ0v) is 57.1. The highest BCUT2D eigenvalue weighted by Crippen LogP contribution is 2.52. The summed E-state index contributed by atoms with van der Waals surface area (Å²) in [5.41, 5.74) is 28.8. The molecule has 0 saturated heterocycles. The van der Waals surface area contributed by atoms with Gasteiger partial charge in [0.25, 0.3) is 0 Å². The van der Waals surface area contributed by atoms with Crippen molar-refractivity contribution in [3.05, 3.63) is 351 Å². The molecule has 0 fully saturated rings. The summed E-state index contributed by atoms with van der Waals surface area (Å²) in [5.74, 6) is -0.0185. The van der Waals surface area contributed by atoms with Crippen LogP contribution in [0.2, 0.25) is 0 Å². The van der Waals surface area contributed by atoms with Gasteiger partial charge in [0.2, 0.25) is 0 Å². The van der Waals surface area contributed by atoms with Gasteiger partial charge in [-0.15, -0.1) is 0 Å². The molecule has 19 aromatic rings. The maximum Gasteiger partial charge on any atom is 0.111 e. The summed E-state index contributed by atoms with van der Waals surface area (Å²) in [6, 6.07) is 110. The predicted octanol–water partition coefficient (Wildman–Crippen LogP) is 25.2. The van der Waals surface area contributed by atoms with Gasteiger partial charge in [-0.05, 0) is 183 Å². The first-order valence-corrected chi connectivity index (χ1v) is 36.1. The quantitative estimate of drug-likeness (QED) is 0.135. The maximum atomic E-state index is 5.98. The smallest absolute Gasteiger partial charge is 0.111 e. The SMILES string of the molecule is CC12N=C(c3ccc(-c4cnc5ccccc5c4)cc3)C=CC1C=Cc1cc(-c3cc(-c4ccc(-c5ccc6ccc7ccc(-c8ccc(-c9ccc%10ccc%11cccc%12ccc9c%10c%11%12)cc8)nc7c6n5)cc4)c4ncccc4c3)c(-c3cccc(-c4ccc5c6c(cccc46)-c4ccccc4-5)c3)nc12. The minimum absolute atomic E-state index is 0.0185. The lowest BCUT2D eigenvalue weighted by Crippen LogP contribution is -2.35. The van der Waals surface area contributed by atoms with Crippen LogP contribution in [0.25, 0.3) is 204 Å². The molecule has 0 spiro atoms. The highest BCUT2D eigenvalue weighted by molar-refractivity contribution is 6.26. The number of benzene rings is 14. The summed E-state index contributed by atoms with van der Waals surface area (Å²) in [6.45, 7) is 2.26. The molecular weight excluding hydrogens is 1270 g/mol. The van der Waals surface area contributed by atoms with Crippen LogP contribution in [0.1, 0.15) is 23.7 Å². The van der Waals surface area contributed by atoms with Crippen molar-refractivity contribution >= 4 is 98.5 Å². The summed E-state index contributed by atoms with van der Waals surface area (Å²) in [7, 11) is 0. The van der Waals surface area contributed by atoms with E-state index in [1.54, 1.807) is 0 Å². The third-order valence-electron chi connectivity index (χ3n) is 22.6. The normalized spacial score (nSPS) is 15.0. The van der Waals surface area contributed by atoms with Crippen LogP contribution < -0.4 is 0 Å². The molecule has 0 radical (unpaired) electrons. The number of dihydropyridines is 1. The molecule has 486 valence electrons. The molecule has 0 amide bonds. The number of fused-ring (bicyclic) bond motifs is 11. The largest absolute Gasteiger partial charge is 0.271 e. The molecule has 105 heavy (non-hydrogen) atoms. The maximum absolute atomic E-state index is 5.98. The van der Waals surface area contributed by atoms with Crippen molar-refractivity contribution in [2.24, 2.45) is 10.9 Å². The van der Waals surface area contributed by atoms with Crippen LogP contribution in [0.3, 0.4) is 0 Å². The highest BCUT2D eigenvalue weighted by Gasteiger charge is 2.41. The molecule has 2 unspecified atom stereocenters. The molecule has 2 atom stereocenters. The Morgan fingerprint density at radius 3 is 1.63 bits per heavy atom. The molecular formula is C99H60N6. The number of pyridine rings is 5. The van der Waals surface area contributed by atoms with Gasteiger partial charge in [0, 0.05) is 73.2 Å². The Balaban J connectivity index is 0.632. The predicted molar refractivity (Wildman–Crippen MR) is 437 cm³/mol. The summed E-state index contributed by atoms with van der Waals surface area (Å²) in [5, 5.41) is 14.5. The molecule has 1 aliphatic heterocycles. The molecule has 6 nitrogen and oxygen atoms in total. The van der Waals surface area contributed by atoms with E-state index in [2.05, 4.69) is 322 Å². The molecule has 3 aliphatic rings. The molecule has 6 heteroatoms. The van der Waals surface area contributed by atoms with E-state index in [0.717, 1.165) is 139 Å². The molecule has 14 aromatic carbocycles. The van der Waals surface area contributed by atoms with Crippen molar-refractivity contribution in [1.29, 1.82) is 0 Å². The number of nitrogens with zero attached hydrogens (tertiary/aromatic N) is 6. The Bertz CT molecular complexity index is 6980. The van der Waals surface area contributed by atoms with Crippen molar-refractivity contribution in [3.63, 3.8) is 0 Å².